The quantitative estimate of drug-likeness (QED) is 0.928. The van der Waals surface area contributed by atoms with Gasteiger partial charge in [-0.1, -0.05) is 30.3 Å². The Morgan fingerprint density at radius 3 is 2.70 bits per heavy atom. The molecule has 2 aromatic rings. The Bertz CT molecular complexity index is 605. The molecule has 2 aromatic carbocycles. The molecule has 1 heterocycles. The molecule has 0 saturated heterocycles. The molecule has 2 atom stereocenters. The minimum Gasteiger partial charge on any atom is -0.488 e. The number of hydrogen-bond acceptors (Lipinski definition) is 2. The molecule has 1 aliphatic heterocycles. The number of rotatable bonds is 3. The summed E-state index contributed by atoms with van der Waals surface area (Å²) in [5.41, 5.74) is 1.39. The van der Waals surface area contributed by atoms with Crippen LogP contribution < -0.4 is 10.1 Å². The van der Waals surface area contributed by atoms with Crippen molar-refractivity contribution in [3.05, 3.63) is 65.2 Å². The Hall–Kier alpha value is -1.94. The van der Waals surface area contributed by atoms with Gasteiger partial charge in [-0.25, -0.2) is 8.78 Å². The standard InChI is InChI=1S/C16H15F2NO/c1-19-16(11-6-4-7-12(17)15(11)18)14-9-10-5-2-3-8-13(10)20-14/h2-8,14,16,19H,9H2,1H3. The average Bonchev–Trinajstić information content (AvgIpc) is 2.87. The predicted octanol–water partition coefficient (Wildman–Crippen LogP) is 3.23. The van der Waals surface area contributed by atoms with Crippen LogP contribution in [0.4, 0.5) is 8.78 Å². The molecule has 20 heavy (non-hydrogen) atoms. The van der Waals surface area contributed by atoms with E-state index in [1.165, 1.54) is 6.07 Å². The molecular weight excluding hydrogens is 260 g/mol. The van der Waals surface area contributed by atoms with Crippen molar-refractivity contribution in [3.63, 3.8) is 0 Å². The first-order chi connectivity index (χ1) is 9.70. The molecule has 3 rings (SSSR count). The van der Waals surface area contributed by atoms with Crippen LogP contribution in [0.5, 0.6) is 5.75 Å². The lowest BCUT2D eigenvalue weighted by Crippen LogP contribution is -2.33. The van der Waals surface area contributed by atoms with Gasteiger partial charge in [0, 0.05) is 12.0 Å². The summed E-state index contributed by atoms with van der Waals surface area (Å²) in [6, 6.07) is 11.6. The highest BCUT2D eigenvalue weighted by Crippen LogP contribution is 2.34. The van der Waals surface area contributed by atoms with E-state index >= 15 is 0 Å². The molecule has 0 spiro atoms. The van der Waals surface area contributed by atoms with Gasteiger partial charge in [0.05, 0.1) is 6.04 Å². The maximum Gasteiger partial charge on any atom is 0.163 e. The van der Waals surface area contributed by atoms with Crippen LogP contribution in [0.1, 0.15) is 17.2 Å². The summed E-state index contributed by atoms with van der Waals surface area (Å²) in [6.45, 7) is 0. The number of halogens is 2. The Labute approximate surface area is 116 Å². The van der Waals surface area contributed by atoms with Gasteiger partial charge in [0.25, 0.3) is 0 Å². The van der Waals surface area contributed by atoms with E-state index in [0.717, 1.165) is 17.4 Å². The van der Waals surface area contributed by atoms with E-state index in [4.69, 9.17) is 4.74 Å². The van der Waals surface area contributed by atoms with Crippen LogP contribution in [-0.2, 0) is 6.42 Å². The number of benzene rings is 2. The summed E-state index contributed by atoms with van der Waals surface area (Å²) in [6.07, 6.45) is 0.436. The first kappa shape index (κ1) is 13.1. The normalized spacial score (nSPS) is 18.4. The zero-order valence-corrected chi connectivity index (χ0v) is 11.1. The third-order valence-electron chi connectivity index (χ3n) is 3.67. The lowest BCUT2D eigenvalue weighted by atomic mass is 9.97. The fourth-order valence-corrected chi connectivity index (χ4v) is 2.70. The molecule has 1 N–H and O–H groups in total. The van der Waals surface area contributed by atoms with Gasteiger partial charge in [-0.15, -0.1) is 0 Å². The van der Waals surface area contributed by atoms with E-state index in [1.807, 2.05) is 24.3 Å². The van der Waals surface area contributed by atoms with Gasteiger partial charge in [-0.05, 0) is 24.7 Å². The van der Waals surface area contributed by atoms with Gasteiger partial charge in [-0.2, -0.15) is 0 Å². The Morgan fingerprint density at radius 1 is 1.15 bits per heavy atom. The van der Waals surface area contributed by atoms with Crippen molar-refractivity contribution in [2.45, 2.75) is 18.6 Å². The molecule has 0 radical (unpaired) electrons. The largest absolute Gasteiger partial charge is 0.488 e. The first-order valence-electron chi connectivity index (χ1n) is 6.56. The van der Waals surface area contributed by atoms with Gasteiger partial charge in [0.15, 0.2) is 11.6 Å². The summed E-state index contributed by atoms with van der Waals surface area (Å²) in [5.74, 6) is -0.834. The predicted molar refractivity (Wildman–Crippen MR) is 72.7 cm³/mol. The molecule has 0 aliphatic carbocycles. The van der Waals surface area contributed by atoms with E-state index in [0.29, 0.717) is 12.0 Å². The highest BCUT2D eigenvalue weighted by molar-refractivity contribution is 5.38. The number of nitrogens with one attached hydrogen (secondary N) is 1. The Balaban J connectivity index is 1.91. The molecule has 1 aliphatic rings. The fraction of sp³-hybridized carbons (Fsp3) is 0.250. The fourth-order valence-electron chi connectivity index (χ4n) is 2.70. The van der Waals surface area contributed by atoms with Crippen molar-refractivity contribution in [2.24, 2.45) is 0 Å². The second-order valence-corrected chi connectivity index (χ2v) is 4.88. The van der Waals surface area contributed by atoms with Crippen molar-refractivity contribution in [2.75, 3.05) is 7.05 Å². The number of likely N-dealkylation sites (N-methyl/N-ethyl adjacent to an activating group) is 1. The van der Waals surface area contributed by atoms with Gasteiger partial charge < -0.3 is 10.1 Å². The SMILES string of the molecule is CNC(c1cccc(F)c1F)C1Cc2ccccc2O1. The van der Waals surface area contributed by atoms with Crippen molar-refractivity contribution in [1.29, 1.82) is 0 Å². The third kappa shape index (κ3) is 2.16. The molecule has 2 nitrogen and oxygen atoms in total. The number of fused-ring (bicyclic) bond motifs is 1. The summed E-state index contributed by atoms with van der Waals surface area (Å²) >= 11 is 0. The lowest BCUT2D eigenvalue weighted by Gasteiger charge is -2.23. The van der Waals surface area contributed by atoms with E-state index in [2.05, 4.69) is 5.32 Å². The van der Waals surface area contributed by atoms with E-state index in [9.17, 15) is 8.78 Å². The molecule has 0 bridgehead atoms. The van der Waals surface area contributed by atoms with Crippen LogP contribution in [0.25, 0.3) is 0 Å². The van der Waals surface area contributed by atoms with Gasteiger partial charge >= 0.3 is 0 Å². The molecule has 0 aromatic heterocycles. The van der Waals surface area contributed by atoms with Gasteiger partial charge in [0.1, 0.15) is 11.9 Å². The van der Waals surface area contributed by atoms with Crippen LogP contribution in [0, 0.1) is 11.6 Å². The molecule has 0 fully saturated rings. The van der Waals surface area contributed by atoms with Crippen LogP contribution in [0.3, 0.4) is 0 Å². The molecular formula is C16H15F2NO. The first-order valence-corrected chi connectivity index (χ1v) is 6.56. The maximum atomic E-state index is 14.0. The van der Waals surface area contributed by atoms with Crippen LogP contribution in [0.15, 0.2) is 42.5 Å². The highest BCUT2D eigenvalue weighted by atomic mass is 19.2. The topological polar surface area (TPSA) is 21.3 Å². The van der Waals surface area contributed by atoms with E-state index in [-0.39, 0.29) is 6.10 Å². The zero-order chi connectivity index (χ0) is 14.1. The second kappa shape index (κ2) is 5.21. The molecule has 0 amide bonds. The van der Waals surface area contributed by atoms with E-state index < -0.39 is 17.7 Å². The Kier molecular flexibility index (Phi) is 3.40. The van der Waals surface area contributed by atoms with E-state index in [1.54, 1.807) is 13.1 Å². The van der Waals surface area contributed by atoms with Crippen LogP contribution >= 0.6 is 0 Å². The second-order valence-electron chi connectivity index (χ2n) is 4.88. The van der Waals surface area contributed by atoms with Crippen LogP contribution in [-0.4, -0.2) is 13.2 Å². The van der Waals surface area contributed by atoms with Crippen molar-refractivity contribution < 1.29 is 13.5 Å². The molecule has 2 unspecified atom stereocenters. The Morgan fingerprint density at radius 2 is 1.95 bits per heavy atom. The lowest BCUT2D eigenvalue weighted by molar-refractivity contribution is 0.180. The number of para-hydroxylation sites is 1. The van der Waals surface area contributed by atoms with Crippen molar-refractivity contribution in [3.8, 4) is 5.75 Å². The minimum absolute atomic E-state index is 0.242. The highest BCUT2D eigenvalue weighted by Gasteiger charge is 2.32. The third-order valence-corrected chi connectivity index (χ3v) is 3.67. The molecule has 4 heteroatoms. The van der Waals surface area contributed by atoms with Crippen molar-refractivity contribution in [1.82, 2.24) is 5.32 Å². The zero-order valence-electron chi connectivity index (χ0n) is 11.1. The van der Waals surface area contributed by atoms with Crippen molar-refractivity contribution >= 4 is 0 Å². The number of ether oxygens (including phenoxy) is 1. The van der Waals surface area contributed by atoms with Gasteiger partial charge in [0.2, 0.25) is 0 Å². The monoisotopic (exact) mass is 275 g/mol. The van der Waals surface area contributed by atoms with Gasteiger partial charge in [-0.3, -0.25) is 0 Å². The average molecular weight is 275 g/mol. The summed E-state index contributed by atoms with van der Waals surface area (Å²) < 4.78 is 33.2. The minimum atomic E-state index is -0.835. The molecule has 0 saturated carbocycles. The summed E-state index contributed by atoms with van der Waals surface area (Å²) in [4.78, 5) is 0. The molecule has 104 valence electrons. The van der Waals surface area contributed by atoms with Crippen LogP contribution in [0.2, 0.25) is 0 Å². The smallest absolute Gasteiger partial charge is 0.163 e. The summed E-state index contributed by atoms with van der Waals surface area (Å²) in [7, 11) is 1.72. The maximum absolute atomic E-state index is 14.0. The summed E-state index contributed by atoms with van der Waals surface area (Å²) in [5, 5.41) is 3.03. The number of hydrogen-bond donors (Lipinski definition) is 1.